The predicted octanol–water partition coefficient (Wildman–Crippen LogP) is 0.425. The molecule has 0 bridgehead atoms. The van der Waals surface area contributed by atoms with Gasteiger partial charge in [0.05, 0.1) is 6.04 Å². The van der Waals surface area contributed by atoms with Crippen LogP contribution in [0.4, 0.5) is 0 Å². The molecule has 1 heterocycles. The zero-order valence-electron chi connectivity index (χ0n) is 8.25. The van der Waals surface area contributed by atoms with Gasteiger partial charge in [0.2, 0.25) is 0 Å². The molecule has 0 spiro atoms. The Balaban J connectivity index is 2.55. The number of carbonyl (C=O) groups is 1. The molecule has 1 rings (SSSR count). The van der Waals surface area contributed by atoms with Crippen molar-refractivity contribution in [3.05, 3.63) is 12.7 Å². The van der Waals surface area contributed by atoms with Gasteiger partial charge in [-0.3, -0.25) is 9.69 Å². The first-order chi connectivity index (χ1) is 6.29. The van der Waals surface area contributed by atoms with E-state index in [0.717, 1.165) is 32.6 Å². The summed E-state index contributed by atoms with van der Waals surface area (Å²) in [6.07, 6.45) is 2.53. The second-order valence-electron chi connectivity index (χ2n) is 3.36. The van der Waals surface area contributed by atoms with Gasteiger partial charge in [0.25, 0.3) is 0 Å². The zero-order valence-corrected chi connectivity index (χ0v) is 8.25. The third-order valence-electron chi connectivity index (χ3n) is 2.39. The van der Waals surface area contributed by atoms with Crippen molar-refractivity contribution < 1.29 is 4.79 Å². The Morgan fingerprint density at radius 3 is 3.15 bits per heavy atom. The molecule has 1 aliphatic heterocycles. The average Bonchev–Trinajstić information content (AvgIpc) is 2.18. The molecular formula is C10H18N2O. The summed E-state index contributed by atoms with van der Waals surface area (Å²) in [7, 11) is 0. The van der Waals surface area contributed by atoms with Gasteiger partial charge in [0, 0.05) is 19.6 Å². The van der Waals surface area contributed by atoms with Crippen molar-refractivity contribution in [3.63, 3.8) is 0 Å². The Hall–Kier alpha value is -0.670. The van der Waals surface area contributed by atoms with Crippen LogP contribution in [0.5, 0.6) is 0 Å². The molecule has 1 aliphatic rings. The SMILES string of the molecule is C=CC(=O)C1CNCCN1CCC. The molecule has 13 heavy (non-hydrogen) atoms. The molecule has 1 atom stereocenters. The topological polar surface area (TPSA) is 32.3 Å². The molecule has 3 nitrogen and oxygen atoms in total. The summed E-state index contributed by atoms with van der Waals surface area (Å²) in [5.74, 6) is 0.139. The fraction of sp³-hybridized carbons (Fsp3) is 0.700. The molecule has 1 fully saturated rings. The number of nitrogens with zero attached hydrogens (tertiary/aromatic N) is 1. The molecule has 0 amide bonds. The van der Waals surface area contributed by atoms with E-state index < -0.39 is 0 Å². The van der Waals surface area contributed by atoms with Crippen LogP contribution in [0.3, 0.4) is 0 Å². The van der Waals surface area contributed by atoms with Crippen LogP contribution in [0, 0.1) is 0 Å². The van der Waals surface area contributed by atoms with Crippen LogP contribution >= 0.6 is 0 Å². The van der Waals surface area contributed by atoms with Gasteiger partial charge in [0.1, 0.15) is 0 Å². The molecule has 0 aliphatic carbocycles. The summed E-state index contributed by atoms with van der Waals surface area (Å²) in [4.78, 5) is 13.7. The lowest BCUT2D eigenvalue weighted by Gasteiger charge is -2.34. The molecule has 1 saturated heterocycles. The molecular weight excluding hydrogens is 164 g/mol. The maximum Gasteiger partial charge on any atom is 0.173 e. The molecule has 0 aromatic carbocycles. The second kappa shape index (κ2) is 5.14. The van der Waals surface area contributed by atoms with Crippen molar-refractivity contribution in [3.8, 4) is 0 Å². The lowest BCUT2D eigenvalue weighted by Crippen LogP contribution is -2.54. The Bertz CT molecular complexity index is 189. The minimum Gasteiger partial charge on any atom is -0.313 e. The number of piperazine rings is 1. The van der Waals surface area contributed by atoms with Gasteiger partial charge in [-0.1, -0.05) is 13.5 Å². The van der Waals surface area contributed by atoms with E-state index in [4.69, 9.17) is 0 Å². The van der Waals surface area contributed by atoms with Crippen molar-refractivity contribution >= 4 is 5.78 Å². The third-order valence-corrected chi connectivity index (χ3v) is 2.39. The van der Waals surface area contributed by atoms with Gasteiger partial charge < -0.3 is 5.32 Å². The van der Waals surface area contributed by atoms with E-state index in [1.54, 1.807) is 0 Å². The van der Waals surface area contributed by atoms with Crippen molar-refractivity contribution in [2.24, 2.45) is 0 Å². The Morgan fingerprint density at radius 2 is 2.54 bits per heavy atom. The highest BCUT2D eigenvalue weighted by molar-refractivity contribution is 5.94. The van der Waals surface area contributed by atoms with E-state index in [1.807, 2.05) is 0 Å². The molecule has 0 radical (unpaired) electrons. The maximum absolute atomic E-state index is 11.5. The van der Waals surface area contributed by atoms with Crippen LogP contribution in [0.2, 0.25) is 0 Å². The van der Waals surface area contributed by atoms with Crippen LogP contribution in [0.15, 0.2) is 12.7 Å². The first-order valence-corrected chi connectivity index (χ1v) is 4.90. The highest BCUT2D eigenvalue weighted by Gasteiger charge is 2.25. The summed E-state index contributed by atoms with van der Waals surface area (Å²) in [6, 6.07) is 0.0196. The van der Waals surface area contributed by atoms with E-state index in [0.29, 0.717) is 0 Å². The fourth-order valence-corrected chi connectivity index (χ4v) is 1.72. The van der Waals surface area contributed by atoms with Gasteiger partial charge in [-0.15, -0.1) is 0 Å². The standard InChI is InChI=1S/C10H18N2O/c1-3-6-12-7-5-11-8-9(12)10(13)4-2/h4,9,11H,2-3,5-8H2,1H3. The molecule has 74 valence electrons. The second-order valence-corrected chi connectivity index (χ2v) is 3.36. The largest absolute Gasteiger partial charge is 0.313 e. The van der Waals surface area contributed by atoms with Gasteiger partial charge in [-0.25, -0.2) is 0 Å². The molecule has 0 aromatic rings. The van der Waals surface area contributed by atoms with Crippen molar-refractivity contribution in [2.45, 2.75) is 19.4 Å². The molecule has 1 N–H and O–H groups in total. The fourth-order valence-electron chi connectivity index (χ4n) is 1.72. The summed E-state index contributed by atoms with van der Waals surface area (Å²) in [5, 5.41) is 3.23. The minimum atomic E-state index is 0.0196. The van der Waals surface area contributed by atoms with E-state index >= 15 is 0 Å². The number of carbonyl (C=O) groups excluding carboxylic acids is 1. The maximum atomic E-state index is 11.5. The smallest absolute Gasteiger partial charge is 0.173 e. The molecule has 3 heteroatoms. The highest BCUT2D eigenvalue weighted by Crippen LogP contribution is 2.05. The van der Waals surface area contributed by atoms with Crippen LogP contribution in [-0.4, -0.2) is 42.9 Å². The van der Waals surface area contributed by atoms with Crippen LogP contribution in [0.1, 0.15) is 13.3 Å². The van der Waals surface area contributed by atoms with Gasteiger partial charge >= 0.3 is 0 Å². The number of ketones is 1. The van der Waals surface area contributed by atoms with Crippen LogP contribution < -0.4 is 5.32 Å². The van der Waals surface area contributed by atoms with E-state index in [1.165, 1.54) is 6.08 Å². The van der Waals surface area contributed by atoms with Gasteiger partial charge in [-0.2, -0.15) is 0 Å². The summed E-state index contributed by atoms with van der Waals surface area (Å²) in [6.45, 7) is 9.39. The van der Waals surface area contributed by atoms with Crippen molar-refractivity contribution in [1.82, 2.24) is 10.2 Å². The highest BCUT2D eigenvalue weighted by atomic mass is 16.1. The Kier molecular flexibility index (Phi) is 4.12. The van der Waals surface area contributed by atoms with E-state index in [9.17, 15) is 4.79 Å². The average molecular weight is 182 g/mol. The van der Waals surface area contributed by atoms with Gasteiger partial charge in [0.15, 0.2) is 5.78 Å². The Morgan fingerprint density at radius 1 is 1.77 bits per heavy atom. The minimum absolute atomic E-state index is 0.0196. The molecule has 0 saturated carbocycles. The lowest BCUT2D eigenvalue weighted by atomic mass is 10.1. The summed E-state index contributed by atoms with van der Waals surface area (Å²) in [5.41, 5.74) is 0. The van der Waals surface area contributed by atoms with E-state index in [2.05, 4.69) is 23.7 Å². The number of nitrogens with one attached hydrogen (secondary N) is 1. The lowest BCUT2D eigenvalue weighted by molar-refractivity contribution is -0.120. The van der Waals surface area contributed by atoms with Crippen LogP contribution in [0.25, 0.3) is 0 Å². The first kappa shape index (κ1) is 10.4. The van der Waals surface area contributed by atoms with E-state index in [-0.39, 0.29) is 11.8 Å². The van der Waals surface area contributed by atoms with Crippen molar-refractivity contribution in [1.29, 1.82) is 0 Å². The zero-order chi connectivity index (χ0) is 9.68. The summed E-state index contributed by atoms with van der Waals surface area (Å²) < 4.78 is 0. The third kappa shape index (κ3) is 2.64. The van der Waals surface area contributed by atoms with Crippen LogP contribution in [-0.2, 0) is 4.79 Å². The molecule has 0 aromatic heterocycles. The Labute approximate surface area is 79.8 Å². The predicted molar refractivity (Wildman–Crippen MR) is 53.7 cm³/mol. The summed E-state index contributed by atoms with van der Waals surface area (Å²) >= 11 is 0. The number of hydrogen-bond donors (Lipinski definition) is 1. The first-order valence-electron chi connectivity index (χ1n) is 4.90. The van der Waals surface area contributed by atoms with Gasteiger partial charge in [-0.05, 0) is 19.0 Å². The normalized spacial score (nSPS) is 24.2. The number of hydrogen-bond acceptors (Lipinski definition) is 3. The quantitative estimate of drug-likeness (QED) is 0.640. The molecule has 1 unspecified atom stereocenters. The monoisotopic (exact) mass is 182 g/mol. The number of rotatable bonds is 4. The van der Waals surface area contributed by atoms with Crippen molar-refractivity contribution in [2.75, 3.05) is 26.2 Å².